The first kappa shape index (κ1) is 31.7. The largest absolute Gasteiger partial charge is 0.492 e. The number of amides is 1. The van der Waals surface area contributed by atoms with E-state index >= 15 is 0 Å². The van der Waals surface area contributed by atoms with Crippen LogP contribution in [-0.4, -0.2) is 66.6 Å². The summed E-state index contributed by atoms with van der Waals surface area (Å²) in [5.41, 5.74) is 0.684. The Hall–Kier alpha value is -3.48. The summed E-state index contributed by atoms with van der Waals surface area (Å²) in [5, 5.41) is 9.20. The minimum absolute atomic E-state index is 0.0122. The first-order chi connectivity index (χ1) is 18.3. The molecule has 0 aliphatic heterocycles. The van der Waals surface area contributed by atoms with Gasteiger partial charge in [-0.2, -0.15) is 22.0 Å². The maximum Gasteiger partial charge on any atom is 0.453 e. The number of carboxylic acid groups (broad SMARTS) is 1. The van der Waals surface area contributed by atoms with Crippen LogP contribution in [0.1, 0.15) is 31.7 Å². The van der Waals surface area contributed by atoms with Gasteiger partial charge in [0.1, 0.15) is 23.9 Å². The third-order valence-electron chi connectivity index (χ3n) is 5.48. The van der Waals surface area contributed by atoms with E-state index in [1.807, 2.05) is 0 Å². The number of carboxylic acids is 1. The number of ether oxygens (including phenoxy) is 3. The lowest BCUT2D eigenvalue weighted by atomic mass is 10.1. The van der Waals surface area contributed by atoms with Gasteiger partial charge in [-0.05, 0) is 61.7 Å². The predicted octanol–water partition coefficient (Wildman–Crippen LogP) is 6.11. The molecule has 7 nitrogen and oxygen atoms in total. The number of hydrogen-bond acceptors (Lipinski definition) is 5. The molecule has 0 aliphatic carbocycles. The van der Waals surface area contributed by atoms with Gasteiger partial charge in [-0.1, -0.05) is 12.1 Å². The summed E-state index contributed by atoms with van der Waals surface area (Å²) in [6, 6.07) is 11.0. The lowest BCUT2D eigenvalue weighted by Gasteiger charge is -2.23. The Labute approximate surface area is 221 Å². The van der Waals surface area contributed by atoms with Crippen molar-refractivity contribution in [1.82, 2.24) is 4.90 Å². The molecule has 1 atom stereocenters. The van der Waals surface area contributed by atoms with Gasteiger partial charge in [-0.15, -0.1) is 0 Å². The normalized spacial score (nSPS) is 12.6. The molecular formula is C26H29F6NO6. The smallest absolute Gasteiger partial charge is 0.453 e. The van der Waals surface area contributed by atoms with Crippen molar-refractivity contribution >= 4 is 12.1 Å². The molecule has 0 aromatic heterocycles. The third-order valence-corrected chi connectivity index (χ3v) is 5.48. The number of carbonyl (C=O) groups is 2. The highest BCUT2D eigenvalue weighted by atomic mass is 19.4. The molecule has 39 heavy (non-hydrogen) atoms. The second kappa shape index (κ2) is 14.6. The van der Waals surface area contributed by atoms with Crippen LogP contribution >= 0.6 is 0 Å². The van der Waals surface area contributed by atoms with Crippen LogP contribution in [0.15, 0.2) is 48.5 Å². The van der Waals surface area contributed by atoms with Crippen molar-refractivity contribution in [2.45, 2.75) is 50.8 Å². The fourth-order valence-electron chi connectivity index (χ4n) is 3.38. The van der Waals surface area contributed by atoms with Gasteiger partial charge < -0.3 is 24.2 Å². The fraction of sp³-hybridized carbons (Fsp3) is 0.462. The number of nitrogens with zero attached hydrogens (tertiary/aromatic N) is 1. The predicted molar refractivity (Wildman–Crippen MR) is 128 cm³/mol. The number of benzene rings is 2. The summed E-state index contributed by atoms with van der Waals surface area (Å²) < 4.78 is 92.6. The summed E-state index contributed by atoms with van der Waals surface area (Å²) in [6.45, 7) is 1.56. The highest BCUT2D eigenvalue weighted by molar-refractivity contribution is 5.72. The molecule has 216 valence electrons. The highest BCUT2D eigenvalue weighted by Crippen LogP contribution is 2.39. The Morgan fingerprint density at radius 3 is 2.10 bits per heavy atom. The molecule has 13 heteroatoms. The van der Waals surface area contributed by atoms with E-state index in [-0.39, 0.29) is 44.9 Å². The minimum atomic E-state index is -5.66. The Balaban J connectivity index is 1.95. The van der Waals surface area contributed by atoms with Gasteiger partial charge in [-0.25, -0.2) is 14.0 Å². The molecule has 0 heterocycles. The maximum atomic E-state index is 13.2. The van der Waals surface area contributed by atoms with Gasteiger partial charge in [0, 0.05) is 26.0 Å². The first-order valence-corrected chi connectivity index (χ1v) is 12.1. The van der Waals surface area contributed by atoms with E-state index in [1.54, 1.807) is 31.2 Å². The van der Waals surface area contributed by atoms with Crippen LogP contribution in [0.4, 0.5) is 31.1 Å². The van der Waals surface area contributed by atoms with E-state index < -0.39 is 48.9 Å². The average Bonchev–Trinajstić information content (AvgIpc) is 2.86. The molecule has 0 spiro atoms. The average molecular weight is 566 g/mol. The Morgan fingerprint density at radius 2 is 1.54 bits per heavy atom. The molecule has 0 saturated heterocycles. The zero-order valence-electron chi connectivity index (χ0n) is 21.1. The van der Waals surface area contributed by atoms with Gasteiger partial charge in [0.05, 0.1) is 6.54 Å². The quantitative estimate of drug-likeness (QED) is 0.207. The molecule has 1 amide bonds. The monoisotopic (exact) mass is 565 g/mol. The van der Waals surface area contributed by atoms with Crippen LogP contribution < -0.4 is 9.47 Å². The Kier molecular flexibility index (Phi) is 11.9. The molecule has 0 radical (unpaired) electrons. The van der Waals surface area contributed by atoms with E-state index in [1.165, 1.54) is 12.1 Å². The molecular weight excluding hydrogens is 536 g/mol. The molecule has 0 aliphatic rings. The van der Waals surface area contributed by atoms with Crippen molar-refractivity contribution < 1.29 is 55.2 Å². The van der Waals surface area contributed by atoms with E-state index in [0.717, 1.165) is 17.0 Å². The zero-order valence-corrected chi connectivity index (χ0v) is 21.1. The molecule has 1 unspecified atom stereocenters. The molecule has 2 aromatic carbocycles. The summed E-state index contributed by atoms with van der Waals surface area (Å²) in [7, 11) is 0. The summed E-state index contributed by atoms with van der Waals surface area (Å²) >= 11 is 0. The standard InChI is InChI=1S/C26H29F6NO6/c1-2-37-22(23(34)35)17-18-5-9-20(10-6-18)38-16-15-33(14-4-3-13-25(28,29)26(30,31)32)24(36)39-21-11-7-19(27)8-12-21/h5-12,22H,2-4,13-17H2,1H3,(H,34,35). The topological polar surface area (TPSA) is 85.3 Å². The van der Waals surface area contributed by atoms with Crippen molar-refractivity contribution in [2.75, 3.05) is 26.3 Å². The molecule has 0 bridgehead atoms. The van der Waals surface area contributed by atoms with Gasteiger partial charge in [-0.3, -0.25) is 0 Å². The molecule has 2 aromatic rings. The van der Waals surface area contributed by atoms with Crippen molar-refractivity contribution in [2.24, 2.45) is 0 Å². The first-order valence-electron chi connectivity index (χ1n) is 12.1. The molecule has 0 saturated carbocycles. The van der Waals surface area contributed by atoms with Crippen LogP contribution in [0.2, 0.25) is 0 Å². The Morgan fingerprint density at radius 1 is 0.923 bits per heavy atom. The number of alkyl halides is 5. The van der Waals surface area contributed by atoms with Gasteiger partial charge in [0.25, 0.3) is 0 Å². The zero-order chi connectivity index (χ0) is 29.1. The van der Waals surface area contributed by atoms with Crippen molar-refractivity contribution in [3.05, 3.63) is 59.9 Å². The Bertz CT molecular complexity index is 1050. The third kappa shape index (κ3) is 10.7. The van der Waals surface area contributed by atoms with Crippen LogP contribution in [0.3, 0.4) is 0 Å². The van der Waals surface area contributed by atoms with Crippen molar-refractivity contribution in [3.8, 4) is 11.5 Å². The number of rotatable bonds is 15. The van der Waals surface area contributed by atoms with Crippen LogP contribution in [0, 0.1) is 5.82 Å². The number of aliphatic carboxylic acids is 1. The van der Waals surface area contributed by atoms with Crippen LogP contribution in [0.25, 0.3) is 0 Å². The number of unbranched alkanes of at least 4 members (excludes halogenated alkanes) is 1. The number of hydrogen-bond donors (Lipinski definition) is 1. The van der Waals surface area contributed by atoms with Crippen LogP contribution in [-0.2, 0) is 16.0 Å². The molecule has 0 fully saturated rings. The van der Waals surface area contributed by atoms with E-state index in [4.69, 9.17) is 14.2 Å². The second-order valence-electron chi connectivity index (χ2n) is 8.45. The lowest BCUT2D eigenvalue weighted by molar-refractivity contribution is -0.284. The van der Waals surface area contributed by atoms with Gasteiger partial charge in [0.15, 0.2) is 6.10 Å². The van der Waals surface area contributed by atoms with E-state index in [2.05, 4.69) is 0 Å². The van der Waals surface area contributed by atoms with Crippen LogP contribution in [0.5, 0.6) is 11.5 Å². The van der Waals surface area contributed by atoms with Crippen molar-refractivity contribution in [3.63, 3.8) is 0 Å². The van der Waals surface area contributed by atoms with E-state index in [9.17, 15) is 41.0 Å². The fourth-order valence-corrected chi connectivity index (χ4v) is 3.38. The maximum absolute atomic E-state index is 13.2. The number of halogens is 6. The molecule has 1 N–H and O–H groups in total. The highest BCUT2D eigenvalue weighted by Gasteiger charge is 2.56. The summed E-state index contributed by atoms with van der Waals surface area (Å²) in [5.74, 6) is -6.09. The second-order valence-corrected chi connectivity index (χ2v) is 8.45. The summed E-state index contributed by atoms with van der Waals surface area (Å²) in [4.78, 5) is 24.9. The summed E-state index contributed by atoms with van der Waals surface area (Å²) in [6.07, 6.45) is -9.53. The minimum Gasteiger partial charge on any atom is -0.492 e. The van der Waals surface area contributed by atoms with Crippen molar-refractivity contribution in [1.29, 1.82) is 0 Å². The van der Waals surface area contributed by atoms with E-state index in [0.29, 0.717) is 11.3 Å². The van der Waals surface area contributed by atoms with Gasteiger partial charge >= 0.3 is 24.2 Å². The number of carbonyl (C=O) groups excluding carboxylic acids is 1. The van der Waals surface area contributed by atoms with Gasteiger partial charge in [0.2, 0.25) is 0 Å². The molecule has 2 rings (SSSR count). The lowest BCUT2D eigenvalue weighted by Crippen LogP contribution is -2.38. The SMILES string of the molecule is CCOC(Cc1ccc(OCCN(CCCCC(F)(F)C(F)(F)F)C(=O)Oc2ccc(F)cc2)cc1)C(=O)O.